The number of pyridine rings is 1. The van der Waals surface area contributed by atoms with E-state index < -0.39 is 6.04 Å². The minimum absolute atomic E-state index is 0.0688. The molecule has 2 amide bonds. The number of amides is 2. The molecule has 0 spiro atoms. The van der Waals surface area contributed by atoms with Gasteiger partial charge in [0.2, 0.25) is 5.91 Å². The Balaban J connectivity index is 1.39. The van der Waals surface area contributed by atoms with Crippen molar-refractivity contribution in [2.75, 3.05) is 13.7 Å². The molecule has 1 saturated heterocycles. The van der Waals surface area contributed by atoms with E-state index in [4.69, 9.17) is 10.5 Å². The van der Waals surface area contributed by atoms with Crippen molar-refractivity contribution in [2.45, 2.75) is 82.7 Å². The van der Waals surface area contributed by atoms with Gasteiger partial charge in [-0.1, -0.05) is 12.1 Å². The summed E-state index contributed by atoms with van der Waals surface area (Å²) in [6, 6.07) is 15.9. The first-order valence-corrected chi connectivity index (χ1v) is 15.4. The molecule has 8 nitrogen and oxygen atoms in total. The van der Waals surface area contributed by atoms with Crippen LogP contribution in [-0.4, -0.2) is 64.4 Å². The van der Waals surface area contributed by atoms with Crippen LogP contribution in [-0.2, 0) is 17.9 Å². The highest BCUT2D eigenvalue weighted by atomic mass is 32.1. The molecule has 5 rings (SSSR count). The topological polar surface area (TPSA) is 101 Å². The van der Waals surface area contributed by atoms with Gasteiger partial charge in [0.1, 0.15) is 11.8 Å². The average molecular weight is 576 g/mol. The van der Waals surface area contributed by atoms with Gasteiger partial charge in [0.15, 0.2) is 0 Å². The van der Waals surface area contributed by atoms with Crippen molar-refractivity contribution in [1.29, 1.82) is 0 Å². The van der Waals surface area contributed by atoms with Crippen molar-refractivity contribution in [3.05, 3.63) is 81.8 Å². The number of hydrogen-bond acceptors (Lipinski definition) is 7. The summed E-state index contributed by atoms with van der Waals surface area (Å²) in [4.78, 5) is 38.5. The zero-order valence-electron chi connectivity index (χ0n) is 24.0. The number of carbonyl (C=O) groups is 2. The fourth-order valence-electron chi connectivity index (χ4n) is 6.08. The number of nitrogens with one attached hydrogen (secondary N) is 1. The van der Waals surface area contributed by atoms with E-state index in [0.717, 1.165) is 56.5 Å². The van der Waals surface area contributed by atoms with Crippen LogP contribution in [0, 0.1) is 6.92 Å². The lowest BCUT2D eigenvalue weighted by molar-refractivity contribution is -0.128. The van der Waals surface area contributed by atoms with Gasteiger partial charge in [-0.25, -0.2) is 0 Å². The number of carbonyl (C=O) groups excluding carboxylic acids is 2. The van der Waals surface area contributed by atoms with Crippen LogP contribution < -0.4 is 15.8 Å². The van der Waals surface area contributed by atoms with Crippen molar-refractivity contribution in [2.24, 2.45) is 5.73 Å². The Morgan fingerprint density at radius 3 is 2.63 bits per heavy atom. The number of nitrogens with two attached hydrogens (primary N) is 1. The fourth-order valence-corrected chi connectivity index (χ4v) is 6.99. The lowest BCUT2D eigenvalue weighted by Gasteiger charge is -2.43. The Morgan fingerprint density at radius 1 is 1.10 bits per heavy atom. The quantitative estimate of drug-likeness (QED) is 0.389. The maximum absolute atomic E-state index is 13.9. The van der Waals surface area contributed by atoms with Crippen molar-refractivity contribution >= 4 is 23.2 Å². The molecule has 41 heavy (non-hydrogen) atoms. The van der Waals surface area contributed by atoms with E-state index in [1.165, 1.54) is 9.75 Å². The Morgan fingerprint density at radius 2 is 1.93 bits per heavy atom. The Kier molecular flexibility index (Phi) is 9.69. The highest BCUT2D eigenvalue weighted by Gasteiger charge is 2.39. The predicted octanol–water partition coefficient (Wildman–Crippen LogP) is 4.52. The molecule has 1 aliphatic carbocycles. The maximum Gasteiger partial charge on any atom is 0.256 e. The lowest BCUT2D eigenvalue weighted by atomic mass is 9.90. The van der Waals surface area contributed by atoms with Gasteiger partial charge in [0.05, 0.1) is 12.7 Å². The molecule has 0 bridgehead atoms. The molecule has 2 aromatic heterocycles. The standard InChI is InChI=1S/C32H41N5O3S/c1-22-8-13-29(41-22)21-36(20-23-5-3-7-28(17-23)40-2)27-14-16-37(32(39)24-6-4-15-34-19-24)30(18-27)31(38)35-26-11-9-25(33)10-12-26/h3-8,13,15,17,19,25-27,30H,9-12,14,16,18,20-21,33H2,1-2H3,(H,35,38)/t25?,26?,27?,30-/m1/s1. The molecular formula is C32H41N5O3S. The summed E-state index contributed by atoms with van der Waals surface area (Å²) < 4.78 is 5.49. The fraction of sp³-hybridized carbons (Fsp3) is 0.469. The van der Waals surface area contributed by atoms with Crippen molar-refractivity contribution < 1.29 is 14.3 Å². The number of thiophene rings is 1. The van der Waals surface area contributed by atoms with Gasteiger partial charge in [-0.15, -0.1) is 11.3 Å². The lowest BCUT2D eigenvalue weighted by Crippen LogP contribution is -2.58. The Bertz CT molecular complexity index is 1310. The van der Waals surface area contributed by atoms with E-state index in [-0.39, 0.29) is 29.9 Å². The van der Waals surface area contributed by atoms with Crippen LogP contribution in [0.25, 0.3) is 0 Å². The van der Waals surface area contributed by atoms with Gasteiger partial charge in [-0.2, -0.15) is 0 Å². The number of methoxy groups -OCH3 is 1. The Labute approximate surface area is 246 Å². The third kappa shape index (κ3) is 7.52. The SMILES string of the molecule is COc1cccc(CN(Cc2ccc(C)s2)C2CCN(C(=O)c3cccnc3)[C@@H](C(=O)NC3CCC(N)CC3)C2)c1. The third-order valence-electron chi connectivity index (χ3n) is 8.36. The number of aryl methyl sites for hydroxylation is 1. The van der Waals surface area contributed by atoms with Crippen LogP contribution in [0.15, 0.2) is 60.9 Å². The second-order valence-electron chi connectivity index (χ2n) is 11.3. The van der Waals surface area contributed by atoms with E-state index in [0.29, 0.717) is 18.5 Å². The van der Waals surface area contributed by atoms with Crippen LogP contribution in [0.5, 0.6) is 5.75 Å². The van der Waals surface area contributed by atoms with Crippen LogP contribution >= 0.6 is 11.3 Å². The number of nitrogens with zero attached hydrogens (tertiary/aromatic N) is 3. The van der Waals surface area contributed by atoms with E-state index in [9.17, 15) is 9.59 Å². The second-order valence-corrected chi connectivity index (χ2v) is 12.7. The van der Waals surface area contributed by atoms with Crippen molar-refractivity contribution in [3.8, 4) is 5.75 Å². The monoisotopic (exact) mass is 575 g/mol. The van der Waals surface area contributed by atoms with Gasteiger partial charge in [-0.05, 0) is 87.4 Å². The zero-order valence-corrected chi connectivity index (χ0v) is 24.8. The van der Waals surface area contributed by atoms with Gasteiger partial charge in [0.25, 0.3) is 5.91 Å². The van der Waals surface area contributed by atoms with Gasteiger partial charge >= 0.3 is 0 Å². The van der Waals surface area contributed by atoms with Gasteiger partial charge < -0.3 is 20.7 Å². The summed E-state index contributed by atoms with van der Waals surface area (Å²) in [7, 11) is 1.68. The third-order valence-corrected chi connectivity index (χ3v) is 9.34. The molecule has 1 aliphatic heterocycles. The molecule has 3 aromatic rings. The first-order valence-electron chi connectivity index (χ1n) is 14.6. The smallest absolute Gasteiger partial charge is 0.256 e. The molecule has 2 aliphatic rings. The summed E-state index contributed by atoms with van der Waals surface area (Å²) >= 11 is 1.80. The van der Waals surface area contributed by atoms with E-state index >= 15 is 0 Å². The second kappa shape index (κ2) is 13.6. The van der Waals surface area contributed by atoms with Gasteiger partial charge in [0, 0.05) is 59.9 Å². The number of likely N-dealkylation sites (tertiary alicyclic amines) is 1. The minimum Gasteiger partial charge on any atom is -0.497 e. The van der Waals surface area contributed by atoms with Crippen LogP contribution in [0.1, 0.15) is 64.2 Å². The molecule has 2 fully saturated rings. The number of rotatable bonds is 9. The van der Waals surface area contributed by atoms with E-state index in [2.05, 4.69) is 46.4 Å². The van der Waals surface area contributed by atoms with E-state index in [1.807, 2.05) is 12.1 Å². The van der Waals surface area contributed by atoms with Crippen LogP contribution in [0.2, 0.25) is 0 Å². The molecule has 0 radical (unpaired) electrons. The highest BCUT2D eigenvalue weighted by molar-refractivity contribution is 7.11. The molecule has 2 atom stereocenters. The number of hydrogen-bond donors (Lipinski definition) is 2. The molecule has 1 unspecified atom stereocenters. The summed E-state index contributed by atoms with van der Waals surface area (Å²) in [5.41, 5.74) is 7.78. The molecular weight excluding hydrogens is 534 g/mol. The number of aromatic nitrogens is 1. The van der Waals surface area contributed by atoms with Crippen molar-refractivity contribution in [3.63, 3.8) is 0 Å². The Hall–Kier alpha value is -3.27. The largest absolute Gasteiger partial charge is 0.497 e. The molecule has 1 saturated carbocycles. The highest BCUT2D eigenvalue weighted by Crippen LogP contribution is 2.29. The molecule has 3 heterocycles. The van der Waals surface area contributed by atoms with Gasteiger partial charge in [-0.3, -0.25) is 19.5 Å². The molecule has 9 heteroatoms. The minimum atomic E-state index is -0.560. The number of benzene rings is 1. The summed E-state index contributed by atoms with van der Waals surface area (Å²) in [6.45, 7) is 4.14. The van der Waals surface area contributed by atoms with Crippen molar-refractivity contribution in [1.82, 2.24) is 20.1 Å². The maximum atomic E-state index is 13.9. The molecule has 1 aromatic carbocycles. The number of ether oxygens (including phenoxy) is 1. The van der Waals surface area contributed by atoms with Crippen LogP contribution in [0.3, 0.4) is 0 Å². The van der Waals surface area contributed by atoms with E-state index in [1.54, 1.807) is 47.9 Å². The number of piperidine rings is 1. The summed E-state index contributed by atoms with van der Waals surface area (Å²) in [5.74, 6) is 0.618. The summed E-state index contributed by atoms with van der Waals surface area (Å²) in [5, 5.41) is 3.29. The normalized spacial score (nSPS) is 22.9. The van der Waals surface area contributed by atoms with Crippen LogP contribution in [0.4, 0.5) is 0 Å². The summed E-state index contributed by atoms with van der Waals surface area (Å²) in [6.07, 6.45) is 8.15. The predicted molar refractivity (Wildman–Crippen MR) is 162 cm³/mol. The zero-order chi connectivity index (χ0) is 28.8. The molecule has 218 valence electrons. The first kappa shape index (κ1) is 29.2. The first-order chi connectivity index (χ1) is 19.9. The average Bonchev–Trinajstić information content (AvgIpc) is 3.42. The molecule has 3 N–H and O–H groups in total.